The van der Waals surface area contributed by atoms with Crippen LogP contribution in [0.1, 0.15) is 30.5 Å². The average Bonchev–Trinajstić information content (AvgIpc) is 3.05. The molecule has 2 aromatic rings. The molecule has 26 heavy (non-hydrogen) atoms. The minimum atomic E-state index is -0.999. The molecule has 0 radical (unpaired) electrons. The normalized spacial score (nSPS) is 20.2. The highest BCUT2D eigenvalue weighted by molar-refractivity contribution is 5.76. The van der Waals surface area contributed by atoms with E-state index in [1.54, 1.807) is 9.58 Å². The quantitative estimate of drug-likeness (QED) is 0.862. The van der Waals surface area contributed by atoms with Crippen LogP contribution < -0.4 is 4.74 Å². The van der Waals surface area contributed by atoms with Gasteiger partial charge in [-0.1, -0.05) is 17.7 Å². The largest absolute Gasteiger partial charge is 0.491 e. The molecule has 0 unspecified atom stereocenters. The van der Waals surface area contributed by atoms with Crippen LogP contribution in [0.25, 0.3) is 0 Å². The Bertz CT molecular complexity index is 741. The van der Waals surface area contributed by atoms with Crippen LogP contribution in [0, 0.1) is 13.8 Å². The van der Waals surface area contributed by atoms with Gasteiger partial charge in [-0.25, -0.2) is 0 Å². The number of ether oxygens (including phenoxy) is 1. The molecule has 0 bridgehead atoms. The van der Waals surface area contributed by atoms with Crippen LogP contribution in [0.4, 0.5) is 0 Å². The van der Waals surface area contributed by atoms with Crippen molar-refractivity contribution in [2.24, 2.45) is 0 Å². The molecule has 1 aliphatic rings. The van der Waals surface area contributed by atoms with Gasteiger partial charge in [0.25, 0.3) is 0 Å². The fraction of sp³-hybridized carbons (Fsp3) is 0.500. The van der Waals surface area contributed by atoms with Crippen molar-refractivity contribution in [1.29, 1.82) is 0 Å². The van der Waals surface area contributed by atoms with Crippen LogP contribution in [-0.2, 0) is 11.3 Å². The summed E-state index contributed by atoms with van der Waals surface area (Å²) >= 11 is 0. The fourth-order valence-electron chi connectivity index (χ4n) is 3.25. The summed E-state index contributed by atoms with van der Waals surface area (Å²) in [6.07, 6.45) is 3.68. The summed E-state index contributed by atoms with van der Waals surface area (Å²) in [5.74, 6) is 0.785. The molecule has 1 N–H and O–H groups in total. The Balaban J connectivity index is 1.51. The maximum atomic E-state index is 12.5. The third kappa shape index (κ3) is 4.85. The first-order valence-corrected chi connectivity index (χ1v) is 9.13. The molecule has 6 nitrogen and oxygen atoms in total. The molecule has 140 valence electrons. The van der Waals surface area contributed by atoms with Crippen LogP contribution in [0.3, 0.4) is 0 Å². The van der Waals surface area contributed by atoms with Gasteiger partial charge in [0.1, 0.15) is 18.0 Å². The van der Waals surface area contributed by atoms with Gasteiger partial charge in [0, 0.05) is 25.7 Å². The number of likely N-dealkylation sites (tertiary alicyclic amines) is 1. The third-order valence-corrected chi connectivity index (χ3v) is 4.77. The first-order chi connectivity index (χ1) is 12.4. The zero-order chi connectivity index (χ0) is 18.6. The van der Waals surface area contributed by atoms with Gasteiger partial charge < -0.3 is 14.7 Å². The van der Waals surface area contributed by atoms with Gasteiger partial charge in [-0.3, -0.25) is 9.48 Å². The van der Waals surface area contributed by atoms with E-state index in [4.69, 9.17) is 4.74 Å². The molecule has 0 saturated carbocycles. The number of benzene rings is 1. The second-order valence-corrected chi connectivity index (χ2v) is 7.22. The van der Waals surface area contributed by atoms with Crippen molar-refractivity contribution in [3.63, 3.8) is 0 Å². The van der Waals surface area contributed by atoms with Crippen molar-refractivity contribution < 1.29 is 14.6 Å². The first-order valence-electron chi connectivity index (χ1n) is 9.13. The first kappa shape index (κ1) is 18.5. The van der Waals surface area contributed by atoms with Gasteiger partial charge in [0.05, 0.1) is 12.2 Å². The Hall–Kier alpha value is -2.34. The lowest BCUT2D eigenvalue weighted by Gasteiger charge is -2.39. The van der Waals surface area contributed by atoms with Crippen molar-refractivity contribution in [1.82, 2.24) is 14.7 Å². The van der Waals surface area contributed by atoms with Crippen LogP contribution in [0.5, 0.6) is 5.75 Å². The number of rotatable bonds is 6. The van der Waals surface area contributed by atoms with E-state index in [1.807, 2.05) is 50.4 Å². The molecule has 1 aromatic heterocycles. The Morgan fingerprint density at radius 2 is 2.04 bits per heavy atom. The maximum Gasteiger partial charge on any atom is 0.224 e. The molecule has 1 aliphatic heterocycles. The van der Waals surface area contributed by atoms with E-state index in [2.05, 4.69) is 5.10 Å². The summed E-state index contributed by atoms with van der Waals surface area (Å²) in [5.41, 5.74) is 1.11. The molecular formula is C20H27N3O3. The van der Waals surface area contributed by atoms with Gasteiger partial charge in [-0.15, -0.1) is 0 Å². The van der Waals surface area contributed by atoms with Crippen molar-refractivity contribution in [3.8, 4) is 5.75 Å². The summed E-state index contributed by atoms with van der Waals surface area (Å²) in [6, 6.07) is 9.68. The molecule has 0 aliphatic carbocycles. The van der Waals surface area contributed by atoms with Crippen LogP contribution in [-0.4, -0.2) is 51.0 Å². The number of amides is 1. The predicted octanol–water partition coefficient (Wildman–Crippen LogP) is 2.32. The van der Waals surface area contributed by atoms with Crippen LogP contribution in [0.2, 0.25) is 0 Å². The number of piperidine rings is 1. The Kier molecular flexibility index (Phi) is 5.61. The number of aryl methyl sites for hydroxylation is 3. The zero-order valence-electron chi connectivity index (χ0n) is 15.5. The smallest absolute Gasteiger partial charge is 0.224 e. The van der Waals surface area contributed by atoms with E-state index in [0.29, 0.717) is 32.5 Å². The average molecular weight is 357 g/mol. The molecular weight excluding hydrogens is 330 g/mol. The predicted molar refractivity (Wildman–Crippen MR) is 99.0 cm³/mol. The summed E-state index contributed by atoms with van der Waals surface area (Å²) in [7, 11) is 0. The maximum absolute atomic E-state index is 12.5. The van der Waals surface area contributed by atoms with E-state index in [9.17, 15) is 9.90 Å². The molecule has 1 aromatic carbocycles. The Labute approximate surface area is 154 Å². The SMILES string of the molecule is Cc1ccc(OC[C@@]2(O)CCCN(C(=O)CCn3ccc(C)n3)C2)cc1. The molecule has 3 rings (SSSR count). The lowest BCUT2D eigenvalue weighted by molar-refractivity contribution is -0.140. The summed E-state index contributed by atoms with van der Waals surface area (Å²) < 4.78 is 7.54. The third-order valence-electron chi connectivity index (χ3n) is 4.77. The van der Waals surface area contributed by atoms with Crippen molar-refractivity contribution >= 4 is 5.91 Å². The second kappa shape index (κ2) is 7.91. The minimum Gasteiger partial charge on any atom is -0.491 e. The van der Waals surface area contributed by atoms with Gasteiger partial charge >= 0.3 is 0 Å². The number of hydrogen-bond acceptors (Lipinski definition) is 4. The van der Waals surface area contributed by atoms with Crippen LogP contribution in [0.15, 0.2) is 36.5 Å². The van der Waals surface area contributed by atoms with E-state index < -0.39 is 5.60 Å². The number of carbonyl (C=O) groups is 1. The highest BCUT2D eigenvalue weighted by Gasteiger charge is 2.35. The zero-order valence-corrected chi connectivity index (χ0v) is 15.5. The summed E-state index contributed by atoms with van der Waals surface area (Å²) in [6.45, 7) is 5.70. The second-order valence-electron chi connectivity index (χ2n) is 7.22. The topological polar surface area (TPSA) is 67.6 Å². The highest BCUT2D eigenvalue weighted by atomic mass is 16.5. The summed E-state index contributed by atoms with van der Waals surface area (Å²) in [5, 5.41) is 15.2. The van der Waals surface area contributed by atoms with Crippen molar-refractivity contribution in [2.75, 3.05) is 19.7 Å². The van der Waals surface area contributed by atoms with Gasteiger partial charge in [-0.2, -0.15) is 5.10 Å². The molecule has 6 heteroatoms. The lowest BCUT2D eigenvalue weighted by Crippen LogP contribution is -2.53. The van der Waals surface area contributed by atoms with Crippen molar-refractivity contribution in [2.45, 2.75) is 45.3 Å². The molecule has 1 atom stereocenters. The van der Waals surface area contributed by atoms with E-state index in [0.717, 1.165) is 23.4 Å². The molecule has 1 saturated heterocycles. The Morgan fingerprint density at radius 1 is 1.27 bits per heavy atom. The van der Waals surface area contributed by atoms with Crippen molar-refractivity contribution in [3.05, 3.63) is 47.8 Å². The van der Waals surface area contributed by atoms with E-state index >= 15 is 0 Å². The van der Waals surface area contributed by atoms with Gasteiger partial charge in [-0.05, 0) is 44.9 Å². The number of hydrogen-bond donors (Lipinski definition) is 1. The monoisotopic (exact) mass is 357 g/mol. The van der Waals surface area contributed by atoms with Gasteiger partial charge in [0.2, 0.25) is 5.91 Å². The fourth-order valence-corrected chi connectivity index (χ4v) is 3.25. The molecule has 2 heterocycles. The van der Waals surface area contributed by atoms with E-state index in [1.165, 1.54) is 0 Å². The van der Waals surface area contributed by atoms with E-state index in [-0.39, 0.29) is 12.5 Å². The standard InChI is InChI=1S/C20H27N3O3/c1-16-4-6-18(7-5-16)26-15-20(25)10-3-11-22(14-20)19(24)9-13-23-12-8-17(2)21-23/h4-8,12,25H,3,9-11,13-15H2,1-2H3/t20-/m1/s1. The number of carbonyl (C=O) groups excluding carboxylic acids is 1. The Morgan fingerprint density at radius 3 is 2.73 bits per heavy atom. The lowest BCUT2D eigenvalue weighted by atomic mass is 9.93. The number of aromatic nitrogens is 2. The highest BCUT2D eigenvalue weighted by Crippen LogP contribution is 2.23. The number of aliphatic hydroxyl groups is 1. The van der Waals surface area contributed by atoms with Gasteiger partial charge in [0.15, 0.2) is 0 Å². The number of β-amino-alcohol motifs (C(OH)–C–C–N with tert-alkyl or cyclic N) is 1. The summed E-state index contributed by atoms with van der Waals surface area (Å²) in [4.78, 5) is 14.3. The molecule has 1 fully saturated rings. The molecule has 1 amide bonds. The molecule has 0 spiro atoms. The minimum absolute atomic E-state index is 0.0478. The van der Waals surface area contributed by atoms with Crippen LogP contribution >= 0.6 is 0 Å². The number of nitrogens with zero attached hydrogens (tertiary/aromatic N) is 3.